The summed E-state index contributed by atoms with van der Waals surface area (Å²) in [5, 5.41) is 7.09. The van der Waals surface area contributed by atoms with Crippen LogP contribution in [-0.2, 0) is 0 Å². The molecule has 13 rings (SSSR count). The van der Waals surface area contributed by atoms with E-state index in [0.29, 0.717) is 0 Å². The Morgan fingerprint density at radius 1 is 0.313 bits per heavy atom. The van der Waals surface area contributed by atoms with Crippen molar-refractivity contribution in [3.8, 4) is 50.2 Å². The van der Waals surface area contributed by atoms with E-state index < -0.39 is 0 Å². The number of aromatic nitrogens is 1. The third kappa shape index (κ3) is 6.43. The minimum Gasteiger partial charge on any atom is -0.456 e. The molecule has 0 bridgehead atoms. The quantitative estimate of drug-likeness (QED) is 0.152. The SMILES string of the molecule is c1ccc(-c2cccc3cccc(-c4ccccc4N(c4cccc(-c5cccc6oc7ccccc7c56)c4)c4ccccc4-c4ccc5c(c4)c4ccccc4n5-c4ccccc4)c23)cc1. The van der Waals surface area contributed by atoms with Gasteiger partial charge in [0.15, 0.2) is 0 Å². The molecule has 0 aliphatic heterocycles. The molecule has 314 valence electrons. The highest BCUT2D eigenvalue weighted by Crippen LogP contribution is 2.49. The number of para-hydroxylation sites is 5. The monoisotopic (exact) mass is 854 g/mol. The maximum absolute atomic E-state index is 6.41. The van der Waals surface area contributed by atoms with E-state index in [1.165, 1.54) is 49.3 Å². The highest BCUT2D eigenvalue weighted by Gasteiger charge is 2.24. The van der Waals surface area contributed by atoms with Crippen LogP contribution < -0.4 is 4.90 Å². The summed E-state index contributed by atoms with van der Waals surface area (Å²) in [6, 6.07) is 92.1. The third-order valence-corrected chi connectivity index (χ3v) is 13.4. The maximum Gasteiger partial charge on any atom is 0.136 e. The number of rotatable bonds is 8. The molecule has 0 fully saturated rings. The Kier molecular flexibility index (Phi) is 9.17. The summed E-state index contributed by atoms with van der Waals surface area (Å²) in [7, 11) is 0. The van der Waals surface area contributed by atoms with Crippen LogP contribution in [0.3, 0.4) is 0 Å². The third-order valence-electron chi connectivity index (χ3n) is 13.4. The van der Waals surface area contributed by atoms with Crippen molar-refractivity contribution in [2.45, 2.75) is 0 Å². The molecular formula is C64H42N2O. The molecule has 0 radical (unpaired) electrons. The zero-order chi connectivity index (χ0) is 44.3. The van der Waals surface area contributed by atoms with Crippen LogP contribution >= 0.6 is 0 Å². The number of anilines is 3. The first-order chi connectivity index (χ1) is 33.3. The Morgan fingerprint density at radius 3 is 1.69 bits per heavy atom. The lowest BCUT2D eigenvalue weighted by Gasteiger charge is -2.30. The Balaban J connectivity index is 1.06. The van der Waals surface area contributed by atoms with E-state index in [9.17, 15) is 0 Å². The molecule has 3 nitrogen and oxygen atoms in total. The van der Waals surface area contributed by atoms with Crippen LogP contribution in [0.15, 0.2) is 259 Å². The highest BCUT2D eigenvalue weighted by atomic mass is 16.3. The van der Waals surface area contributed by atoms with Crippen LogP contribution in [0, 0.1) is 0 Å². The minimum atomic E-state index is 0.880. The van der Waals surface area contributed by atoms with Gasteiger partial charge in [-0.3, -0.25) is 0 Å². The van der Waals surface area contributed by atoms with Gasteiger partial charge < -0.3 is 13.9 Å². The van der Waals surface area contributed by atoms with E-state index in [1.54, 1.807) is 0 Å². The molecule has 0 N–H and O–H groups in total. The predicted octanol–water partition coefficient (Wildman–Crippen LogP) is 18.0. The standard InChI is InChI=1S/C64H42N2O/c1-3-19-43(20-4-1)50-31-16-21-44-22-17-33-54(63(44)50)52-28-8-12-35-58(52)66(48-26-15-23-45(41-48)51-32-18-38-62-64(51)55-30-10-14-37-61(55)67-62)57-34-11-7-27-49(57)46-39-40-60-56(42-46)53-29-9-13-36-59(53)65(60)47-24-5-2-6-25-47/h1-42H. The molecule has 0 aliphatic carbocycles. The molecule has 11 aromatic carbocycles. The first kappa shape index (κ1) is 38.5. The van der Waals surface area contributed by atoms with Gasteiger partial charge in [0, 0.05) is 44.0 Å². The number of fused-ring (bicyclic) bond motifs is 7. The van der Waals surface area contributed by atoms with E-state index in [4.69, 9.17) is 4.42 Å². The average Bonchev–Trinajstić information content (AvgIpc) is 3.95. The number of furan rings is 1. The number of hydrogen-bond donors (Lipinski definition) is 0. The van der Waals surface area contributed by atoms with Gasteiger partial charge in [0.2, 0.25) is 0 Å². The van der Waals surface area contributed by atoms with Crippen LogP contribution in [0.25, 0.3) is 105 Å². The first-order valence-corrected chi connectivity index (χ1v) is 22.9. The number of benzene rings is 11. The molecule has 2 heterocycles. The van der Waals surface area contributed by atoms with Crippen molar-refractivity contribution < 1.29 is 4.42 Å². The molecule has 3 heteroatoms. The van der Waals surface area contributed by atoms with E-state index >= 15 is 0 Å². The fourth-order valence-electron chi connectivity index (χ4n) is 10.5. The Bertz CT molecular complexity index is 3990. The van der Waals surface area contributed by atoms with E-state index in [1.807, 2.05) is 6.07 Å². The van der Waals surface area contributed by atoms with E-state index in [0.717, 1.165) is 72.5 Å². The molecule has 0 unspecified atom stereocenters. The molecule has 0 amide bonds. The lowest BCUT2D eigenvalue weighted by atomic mass is 9.90. The van der Waals surface area contributed by atoms with Crippen LogP contribution in [0.5, 0.6) is 0 Å². The van der Waals surface area contributed by atoms with Crippen molar-refractivity contribution in [1.29, 1.82) is 0 Å². The van der Waals surface area contributed by atoms with Gasteiger partial charge in [-0.25, -0.2) is 0 Å². The van der Waals surface area contributed by atoms with Crippen molar-refractivity contribution in [1.82, 2.24) is 4.57 Å². The summed E-state index contributed by atoms with van der Waals surface area (Å²) < 4.78 is 8.79. The molecular weight excluding hydrogens is 813 g/mol. The fourth-order valence-corrected chi connectivity index (χ4v) is 10.5. The number of hydrogen-bond acceptors (Lipinski definition) is 2. The zero-order valence-electron chi connectivity index (χ0n) is 36.6. The zero-order valence-corrected chi connectivity index (χ0v) is 36.6. The van der Waals surface area contributed by atoms with Gasteiger partial charge in [0.1, 0.15) is 11.2 Å². The predicted molar refractivity (Wildman–Crippen MR) is 282 cm³/mol. The topological polar surface area (TPSA) is 21.3 Å². The second-order valence-electron chi connectivity index (χ2n) is 17.2. The lowest BCUT2D eigenvalue weighted by molar-refractivity contribution is 0.669. The van der Waals surface area contributed by atoms with Gasteiger partial charge in [-0.05, 0) is 111 Å². The molecule has 0 aliphatic rings. The van der Waals surface area contributed by atoms with E-state index in [2.05, 4.69) is 258 Å². The molecule has 67 heavy (non-hydrogen) atoms. The second kappa shape index (κ2) is 16.0. The van der Waals surface area contributed by atoms with Crippen molar-refractivity contribution in [2.24, 2.45) is 0 Å². The largest absolute Gasteiger partial charge is 0.456 e. The van der Waals surface area contributed by atoms with Gasteiger partial charge in [0.25, 0.3) is 0 Å². The summed E-state index contributed by atoms with van der Waals surface area (Å²) in [4.78, 5) is 2.48. The van der Waals surface area contributed by atoms with Gasteiger partial charge in [-0.15, -0.1) is 0 Å². The highest BCUT2D eigenvalue weighted by molar-refractivity contribution is 6.14. The van der Waals surface area contributed by atoms with Gasteiger partial charge in [0.05, 0.1) is 22.4 Å². The van der Waals surface area contributed by atoms with Crippen molar-refractivity contribution in [2.75, 3.05) is 4.90 Å². The molecule has 0 atom stereocenters. The Morgan fingerprint density at radius 2 is 0.866 bits per heavy atom. The number of nitrogens with zero attached hydrogens (tertiary/aromatic N) is 2. The van der Waals surface area contributed by atoms with Gasteiger partial charge >= 0.3 is 0 Å². The maximum atomic E-state index is 6.41. The Hall–Kier alpha value is -8.92. The fraction of sp³-hybridized carbons (Fsp3) is 0. The second-order valence-corrected chi connectivity index (χ2v) is 17.2. The van der Waals surface area contributed by atoms with Crippen molar-refractivity contribution >= 4 is 71.6 Å². The summed E-state index contributed by atoms with van der Waals surface area (Å²) in [6.07, 6.45) is 0. The lowest BCUT2D eigenvalue weighted by Crippen LogP contribution is -2.12. The smallest absolute Gasteiger partial charge is 0.136 e. The van der Waals surface area contributed by atoms with Crippen LogP contribution in [0.2, 0.25) is 0 Å². The summed E-state index contributed by atoms with van der Waals surface area (Å²) >= 11 is 0. The van der Waals surface area contributed by atoms with E-state index in [-0.39, 0.29) is 0 Å². The first-order valence-electron chi connectivity index (χ1n) is 22.9. The molecule has 0 saturated heterocycles. The Labute approximate surface area is 388 Å². The molecule has 2 aromatic heterocycles. The molecule has 13 aromatic rings. The molecule has 0 saturated carbocycles. The summed E-state index contributed by atoms with van der Waals surface area (Å²) in [5.74, 6) is 0. The minimum absolute atomic E-state index is 0.880. The van der Waals surface area contributed by atoms with Crippen LogP contribution in [-0.4, -0.2) is 4.57 Å². The van der Waals surface area contributed by atoms with Crippen LogP contribution in [0.1, 0.15) is 0 Å². The average molecular weight is 855 g/mol. The van der Waals surface area contributed by atoms with Crippen molar-refractivity contribution in [3.63, 3.8) is 0 Å². The van der Waals surface area contributed by atoms with Crippen LogP contribution in [0.4, 0.5) is 17.1 Å². The summed E-state index contributed by atoms with van der Waals surface area (Å²) in [5.41, 5.74) is 17.7. The normalized spacial score (nSPS) is 11.6. The van der Waals surface area contributed by atoms with Gasteiger partial charge in [-0.1, -0.05) is 188 Å². The van der Waals surface area contributed by atoms with Gasteiger partial charge in [-0.2, -0.15) is 0 Å². The van der Waals surface area contributed by atoms with Crippen molar-refractivity contribution in [3.05, 3.63) is 255 Å². The summed E-state index contributed by atoms with van der Waals surface area (Å²) in [6.45, 7) is 0. The molecule has 0 spiro atoms.